The third-order valence-electron chi connectivity index (χ3n) is 5.72. The van der Waals surface area contributed by atoms with E-state index < -0.39 is 23.8 Å². The van der Waals surface area contributed by atoms with Crippen LogP contribution in [0.4, 0.5) is 4.79 Å². The molecule has 0 aliphatic heterocycles. The standard InChI is InChI=1S/C27H43N3O4/c1-9-10-13-28-24(31)23(20-15-18(4)14-19(5)16-20)30(21-11-12-21)25(32)22(17(2)3)29-26(33)34-27(6,7)8/h14-17,21-23H,9-13H2,1-8H3,(H,28,31)(H,29,33). The van der Waals surface area contributed by atoms with Crippen LogP contribution in [0.5, 0.6) is 0 Å². The summed E-state index contributed by atoms with van der Waals surface area (Å²) in [7, 11) is 0. The number of alkyl carbamates (subject to hydrolysis) is 1. The van der Waals surface area contributed by atoms with Gasteiger partial charge in [0.05, 0.1) is 0 Å². The summed E-state index contributed by atoms with van der Waals surface area (Å²) in [6.07, 6.45) is 2.89. The van der Waals surface area contributed by atoms with Gasteiger partial charge in [0.2, 0.25) is 11.8 Å². The minimum atomic E-state index is -0.799. The molecule has 1 fully saturated rings. The molecule has 0 saturated heterocycles. The molecule has 7 nitrogen and oxygen atoms in total. The van der Waals surface area contributed by atoms with Crippen molar-refractivity contribution in [1.29, 1.82) is 0 Å². The second kappa shape index (κ2) is 11.7. The highest BCUT2D eigenvalue weighted by atomic mass is 16.6. The van der Waals surface area contributed by atoms with E-state index in [0.29, 0.717) is 6.54 Å². The van der Waals surface area contributed by atoms with Crippen LogP contribution in [0.2, 0.25) is 0 Å². The summed E-state index contributed by atoms with van der Waals surface area (Å²) in [6.45, 7) is 15.7. The molecule has 1 aromatic carbocycles. The normalized spacial score (nSPS) is 15.4. The zero-order chi connectivity index (χ0) is 25.6. The van der Waals surface area contributed by atoms with Crippen molar-refractivity contribution < 1.29 is 19.1 Å². The van der Waals surface area contributed by atoms with Crippen LogP contribution in [0.15, 0.2) is 18.2 Å². The molecule has 2 rings (SSSR count). The first-order chi connectivity index (χ1) is 15.8. The molecule has 0 radical (unpaired) electrons. The van der Waals surface area contributed by atoms with E-state index in [-0.39, 0.29) is 23.8 Å². The van der Waals surface area contributed by atoms with Gasteiger partial charge in [-0.25, -0.2) is 4.79 Å². The maximum Gasteiger partial charge on any atom is 0.408 e. The molecule has 0 bridgehead atoms. The van der Waals surface area contributed by atoms with E-state index in [9.17, 15) is 14.4 Å². The molecule has 1 aliphatic carbocycles. The zero-order valence-electron chi connectivity index (χ0n) is 22.2. The Morgan fingerprint density at radius 3 is 2.15 bits per heavy atom. The summed E-state index contributed by atoms with van der Waals surface area (Å²) in [5, 5.41) is 5.81. The molecule has 190 valence electrons. The van der Waals surface area contributed by atoms with Crippen molar-refractivity contribution in [2.45, 2.75) is 105 Å². The maximum atomic E-state index is 14.0. The van der Waals surface area contributed by atoms with E-state index in [4.69, 9.17) is 4.74 Å². The Labute approximate surface area is 205 Å². The average molecular weight is 474 g/mol. The number of nitrogens with zero attached hydrogens (tertiary/aromatic N) is 1. The van der Waals surface area contributed by atoms with Crippen molar-refractivity contribution in [2.75, 3.05) is 6.54 Å². The highest BCUT2D eigenvalue weighted by Crippen LogP contribution is 2.36. The summed E-state index contributed by atoms with van der Waals surface area (Å²) in [6, 6.07) is 4.43. The van der Waals surface area contributed by atoms with Crippen molar-refractivity contribution in [3.63, 3.8) is 0 Å². The van der Waals surface area contributed by atoms with E-state index in [1.807, 2.05) is 39.8 Å². The van der Waals surface area contributed by atoms with Gasteiger partial charge in [-0.15, -0.1) is 0 Å². The molecular formula is C27H43N3O4. The van der Waals surface area contributed by atoms with Gasteiger partial charge in [-0.2, -0.15) is 0 Å². The lowest BCUT2D eigenvalue weighted by Gasteiger charge is -2.36. The van der Waals surface area contributed by atoms with Crippen LogP contribution >= 0.6 is 0 Å². The van der Waals surface area contributed by atoms with Gasteiger partial charge in [-0.05, 0) is 65.4 Å². The first kappa shape index (κ1) is 27.7. The molecule has 1 aromatic rings. The quantitative estimate of drug-likeness (QED) is 0.478. The Balaban J connectivity index is 2.43. The number of aryl methyl sites for hydroxylation is 2. The first-order valence-electron chi connectivity index (χ1n) is 12.5. The van der Waals surface area contributed by atoms with E-state index in [0.717, 1.165) is 42.4 Å². The highest BCUT2D eigenvalue weighted by Gasteiger charge is 2.44. The van der Waals surface area contributed by atoms with Crippen molar-refractivity contribution in [3.8, 4) is 0 Å². The van der Waals surface area contributed by atoms with E-state index >= 15 is 0 Å². The summed E-state index contributed by atoms with van der Waals surface area (Å²) in [5.41, 5.74) is 2.20. The number of hydrogen-bond donors (Lipinski definition) is 2. The lowest BCUT2D eigenvalue weighted by Crippen LogP contribution is -2.55. The number of benzene rings is 1. The molecule has 1 saturated carbocycles. The topological polar surface area (TPSA) is 87.7 Å². The third-order valence-corrected chi connectivity index (χ3v) is 5.72. The third kappa shape index (κ3) is 8.03. The molecule has 3 amide bonds. The Morgan fingerprint density at radius 1 is 1.09 bits per heavy atom. The maximum absolute atomic E-state index is 14.0. The van der Waals surface area contributed by atoms with Gasteiger partial charge in [0.15, 0.2) is 0 Å². The SMILES string of the molecule is CCCCNC(=O)C(c1cc(C)cc(C)c1)N(C(=O)C(NC(=O)OC(C)(C)C)C(C)C)C1CC1. The molecule has 2 N–H and O–H groups in total. The van der Waals surface area contributed by atoms with Gasteiger partial charge in [-0.1, -0.05) is 56.5 Å². The van der Waals surface area contributed by atoms with Crippen molar-refractivity contribution in [3.05, 3.63) is 34.9 Å². The number of carbonyl (C=O) groups is 3. The number of amides is 3. The summed E-state index contributed by atoms with van der Waals surface area (Å²) in [4.78, 5) is 41.7. The fourth-order valence-corrected chi connectivity index (χ4v) is 4.07. The molecule has 2 unspecified atom stereocenters. The van der Waals surface area contributed by atoms with Crippen LogP contribution < -0.4 is 10.6 Å². The first-order valence-corrected chi connectivity index (χ1v) is 12.5. The molecule has 2 atom stereocenters. The predicted octanol–water partition coefficient (Wildman–Crippen LogP) is 4.80. The van der Waals surface area contributed by atoms with E-state index in [1.165, 1.54) is 0 Å². The van der Waals surface area contributed by atoms with Crippen LogP contribution in [0.25, 0.3) is 0 Å². The van der Waals surface area contributed by atoms with Crippen molar-refractivity contribution >= 4 is 17.9 Å². The number of carbonyl (C=O) groups excluding carboxylic acids is 3. The van der Waals surface area contributed by atoms with E-state index in [2.05, 4.69) is 23.6 Å². The fraction of sp³-hybridized carbons (Fsp3) is 0.667. The molecule has 0 aromatic heterocycles. The summed E-state index contributed by atoms with van der Waals surface area (Å²) in [5.74, 6) is -0.610. The second-order valence-electron chi connectivity index (χ2n) is 10.8. The number of unbranched alkanes of at least 4 members (excludes halogenated alkanes) is 1. The fourth-order valence-electron chi connectivity index (χ4n) is 4.07. The van der Waals surface area contributed by atoms with Gasteiger partial charge < -0.3 is 20.3 Å². The van der Waals surface area contributed by atoms with Crippen LogP contribution in [-0.4, -0.2) is 47.0 Å². The molecule has 7 heteroatoms. The molecule has 0 spiro atoms. The second-order valence-corrected chi connectivity index (χ2v) is 10.8. The van der Waals surface area contributed by atoms with E-state index in [1.54, 1.807) is 25.7 Å². The number of nitrogens with one attached hydrogen (secondary N) is 2. The van der Waals surface area contributed by atoms with Crippen LogP contribution in [0, 0.1) is 19.8 Å². The van der Waals surface area contributed by atoms with Gasteiger partial charge in [0.25, 0.3) is 0 Å². The van der Waals surface area contributed by atoms with Crippen LogP contribution in [0.3, 0.4) is 0 Å². The minimum absolute atomic E-state index is 0.0306. The number of hydrogen-bond acceptors (Lipinski definition) is 4. The average Bonchev–Trinajstić information content (AvgIpc) is 3.52. The summed E-state index contributed by atoms with van der Waals surface area (Å²) < 4.78 is 5.41. The monoisotopic (exact) mass is 473 g/mol. The van der Waals surface area contributed by atoms with Gasteiger partial charge >= 0.3 is 6.09 Å². The van der Waals surface area contributed by atoms with Gasteiger partial charge in [0, 0.05) is 12.6 Å². The highest BCUT2D eigenvalue weighted by molar-refractivity contribution is 5.92. The Bertz CT molecular complexity index is 851. The Morgan fingerprint density at radius 2 is 1.68 bits per heavy atom. The molecular weight excluding hydrogens is 430 g/mol. The molecule has 1 aliphatic rings. The van der Waals surface area contributed by atoms with Crippen LogP contribution in [0.1, 0.15) is 90.0 Å². The van der Waals surface area contributed by atoms with Crippen LogP contribution in [-0.2, 0) is 14.3 Å². The molecule has 0 heterocycles. The Kier molecular flexibility index (Phi) is 9.54. The smallest absolute Gasteiger partial charge is 0.408 e. The Hall–Kier alpha value is -2.57. The van der Waals surface area contributed by atoms with Crippen molar-refractivity contribution in [2.24, 2.45) is 5.92 Å². The number of rotatable bonds is 10. The van der Waals surface area contributed by atoms with Gasteiger partial charge in [0.1, 0.15) is 17.7 Å². The lowest BCUT2D eigenvalue weighted by atomic mass is 9.96. The van der Waals surface area contributed by atoms with Gasteiger partial charge in [-0.3, -0.25) is 9.59 Å². The summed E-state index contributed by atoms with van der Waals surface area (Å²) >= 11 is 0. The lowest BCUT2D eigenvalue weighted by molar-refractivity contribution is -0.144. The largest absolute Gasteiger partial charge is 0.444 e. The minimum Gasteiger partial charge on any atom is -0.444 e. The zero-order valence-corrected chi connectivity index (χ0v) is 22.2. The molecule has 34 heavy (non-hydrogen) atoms. The number of ether oxygens (including phenoxy) is 1. The van der Waals surface area contributed by atoms with Crippen molar-refractivity contribution in [1.82, 2.24) is 15.5 Å². The predicted molar refractivity (Wildman–Crippen MR) is 134 cm³/mol.